The summed E-state index contributed by atoms with van der Waals surface area (Å²) in [5, 5.41) is 9.66. The van der Waals surface area contributed by atoms with Crippen molar-refractivity contribution in [3.8, 4) is 11.5 Å². The number of esters is 1. The maximum absolute atomic E-state index is 12.4. The van der Waals surface area contributed by atoms with Gasteiger partial charge in [0.15, 0.2) is 11.5 Å². The number of unbranched alkanes of at least 4 members (excludes halogenated alkanes) is 4. The van der Waals surface area contributed by atoms with Crippen LogP contribution < -0.4 is 15.2 Å². The van der Waals surface area contributed by atoms with Crippen molar-refractivity contribution in [1.29, 1.82) is 0 Å². The van der Waals surface area contributed by atoms with E-state index >= 15 is 0 Å². The van der Waals surface area contributed by atoms with Gasteiger partial charge in [0.25, 0.3) is 0 Å². The van der Waals surface area contributed by atoms with Crippen molar-refractivity contribution in [2.75, 3.05) is 13.2 Å². The number of carboxylic acid groups (broad SMARTS) is 1. The van der Waals surface area contributed by atoms with E-state index < -0.39 is 47.7 Å². The Morgan fingerprint density at radius 2 is 1.40 bits per heavy atom. The van der Waals surface area contributed by atoms with Crippen LogP contribution in [0.1, 0.15) is 98.0 Å². The molecule has 0 aliphatic heterocycles. The number of carboxylic acids is 1. The standard InChI is InChI=1S/C29H45NO10/c1-7-9-11-15-36-27(34)39-22-14-13-20(18-23(22)40-28(35)37-16-12-10-8-2)21(24(30)25(31)32)17-19(3)38-26(33)29(4,5)6/h13-14,18-19,21,24H,7-12,15-17,30H2,1-6H3,(H,31,32)/t19?,21?,24-/m0/s1. The van der Waals surface area contributed by atoms with Gasteiger partial charge in [0.05, 0.1) is 24.7 Å². The summed E-state index contributed by atoms with van der Waals surface area (Å²) in [5.41, 5.74) is 5.64. The van der Waals surface area contributed by atoms with Gasteiger partial charge in [-0.05, 0) is 64.7 Å². The molecule has 226 valence electrons. The fraction of sp³-hybridized carbons (Fsp3) is 0.655. The minimum Gasteiger partial charge on any atom is -0.480 e. The lowest BCUT2D eigenvalue weighted by Crippen LogP contribution is -2.39. The number of nitrogens with two attached hydrogens (primary N) is 1. The molecule has 11 heteroatoms. The van der Waals surface area contributed by atoms with Gasteiger partial charge >= 0.3 is 24.2 Å². The highest BCUT2D eigenvalue weighted by atomic mass is 16.7. The first-order valence-electron chi connectivity index (χ1n) is 13.8. The molecule has 2 unspecified atom stereocenters. The number of carbonyl (C=O) groups excluding carboxylic acids is 3. The average Bonchev–Trinajstić information content (AvgIpc) is 2.87. The first-order valence-corrected chi connectivity index (χ1v) is 13.8. The van der Waals surface area contributed by atoms with Gasteiger partial charge < -0.3 is 34.5 Å². The highest BCUT2D eigenvalue weighted by Crippen LogP contribution is 2.35. The van der Waals surface area contributed by atoms with E-state index in [1.807, 2.05) is 13.8 Å². The van der Waals surface area contributed by atoms with Crippen molar-refractivity contribution in [2.45, 2.75) is 105 Å². The molecule has 0 spiro atoms. The highest BCUT2D eigenvalue weighted by molar-refractivity contribution is 5.76. The third-order valence-electron chi connectivity index (χ3n) is 5.94. The largest absolute Gasteiger partial charge is 0.513 e. The Bertz CT molecular complexity index is 972. The summed E-state index contributed by atoms with van der Waals surface area (Å²) in [4.78, 5) is 48.8. The number of hydrogen-bond donors (Lipinski definition) is 2. The summed E-state index contributed by atoms with van der Waals surface area (Å²) in [7, 11) is 0. The van der Waals surface area contributed by atoms with Crippen LogP contribution in [0.5, 0.6) is 11.5 Å². The smallest absolute Gasteiger partial charge is 0.480 e. The van der Waals surface area contributed by atoms with Crippen molar-refractivity contribution in [1.82, 2.24) is 0 Å². The summed E-state index contributed by atoms with van der Waals surface area (Å²) in [6, 6.07) is 2.85. The van der Waals surface area contributed by atoms with Crippen LogP contribution in [-0.2, 0) is 23.8 Å². The maximum atomic E-state index is 12.4. The molecule has 0 amide bonds. The second-order valence-corrected chi connectivity index (χ2v) is 10.7. The fourth-order valence-electron chi connectivity index (χ4n) is 3.60. The van der Waals surface area contributed by atoms with Crippen LogP contribution in [0.3, 0.4) is 0 Å². The molecular weight excluding hydrogens is 522 g/mol. The quantitative estimate of drug-likeness (QED) is 0.105. The van der Waals surface area contributed by atoms with E-state index in [4.69, 9.17) is 29.4 Å². The Balaban J connectivity index is 3.26. The molecule has 1 aromatic carbocycles. The van der Waals surface area contributed by atoms with E-state index in [0.717, 1.165) is 25.7 Å². The van der Waals surface area contributed by atoms with E-state index in [0.29, 0.717) is 18.4 Å². The monoisotopic (exact) mass is 567 g/mol. The second-order valence-electron chi connectivity index (χ2n) is 10.7. The molecular formula is C29H45NO10. The van der Waals surface area contributed by atoms with Crippen LogP contribution in [0.25, 0.3) is 0 Å². The van der Waals surface area contributed by atoms with Crippen molar-refractivity contribution in [2.24, 2.45) is 11.1 Å². The fourth-order valence-corrected chi connectivity index (χ4v) is 3.60. The zero-order chi connectivity index (χ0) is 30.3. The van der Waals surface area contributed by atoms with Gasteiger partial charge in [0.2, 0.25) is 0 Å². The number of aliphatic carboxylic acids is 1. The summed E-state index contributed by atoms with van der Waals surface area (Å²) >= 11 is 0. The van der Waals surface area contributed by atoms with Gasteiger partial charge in [-0.15, -0.1) is 0 Å². The predicted molar refractivity (Wildman–Crippen MR) is 147 cm³/mol. The summed E-state index contributed by atoms with van der Waals surface area (Å²) in [5.74, 6) is -2.86. The third-order valence-corrected chi connectivity index (χ3v) is 5.94. The molecule has 0 heterocycles. The summed E-state index contributed by atoms with van der Waals surface area (Å²) in [6.07, 6.45) is 2.36. The minimum absolute atomic E-state index is 0.0653. The lowest BCUT2D eigenvalue weighted by atomic mass is 9.86. The van der Waals surface area contributed by atoms with Crippen LogP contribution in [0.4, 0.5) is 9.59 Å². The zero-order valence-electron chi connectivity index (χ0n) is 24.5. The molecule has 0 aromatic heterocycles. The molecule has 0 aliphatic rings. The number of carbonyl (C=O) groups is 4. The molecule has 1 rings (SSSR count). The van der Waals surface area contributed by atoms with Gasteiger partial charge in [-0.1, -0.05) is 45.6 Å². The molecule has 3 N–H and O–H groups in total. The maximum Gasteiger partial charge on any atom is 0.513 e. The van der Waals surface area contributed by atoms with E-state index in [1.165, 1.54) is 18.2 Å². The van der Waals surface area contributed by atoms with Crippen LogP contribution in [0, 0.1) is 5.41 Å². The Labute approximate surface area is 236 Å². The number of benzene rings is 1. The molecule has 0 aliphatic carbocycles. The Hall–Kier alpha value is -3.34. The average molecular weight is 568 g/mol. The molecule has 0 bridgehead atoms. The highest BCUT2D eigenvalue weighted by Gasteiger charge is 2.32. The normalized spacial score (nSPS) is 13.5. The van der Waals surface area contributed by atoms with Crippen molar-refractivity contribution in [3.63, 3.8) is 0 Å². The van der Waals surface area contributed by atoms with Crippen molar-refractivity contribution < 1.29 is 48.0 Å². The van der Waals surface area contributed by atoms with E-state index in [1.54, 1.807) is 27.7 Å². The molecule has 1 aromatic rings. The van der Waals surface area contributed by atoms with Crippen LogP contribution >= 0.6 is 0 Å². The first-order chi connectivity index (χ1) is 18.8. The Morgan fingerprint density at radius 1 is 0.875 bits per heavy atom. The molecule has 3 atom stereocenters. The lowest BCUT2D eigenvalue weighted by molar-refractivity contribution is -0.158. The molecule has 0 saturated carbocycles. The third kappa shape index (κ3) is 12.7. The molecule has 0 fully saturated rings. The number of rotatable bonds is 16. The van der Waals surface area contributed by atoms with Gasteiger partial charge in [0.1, 0.15) is 6.04 Å². The molecule has 40 heavy (non-hydrogen) atoms. The van der Waals surface area contributed by atoms with Crippen LogP contribution in [0.15, 0.2) is 18.2 Å². The zero-order valence-corrected chi connectivity index (χ0v) is 24.5. The van der Waals surface area contributed by atoms with Crippen LogP contribution in [-0.4, -0.2) is 54.7 Å². The topological polar surface area (TPSA) is 161 Å². The van der Waals surface area contributed by atoms with Gasteiger partial charge in [-0.25, -0.2) is 9.59 Å². The Kier molecular flexibility index (Phi) is 15.1. The lowest BCUT2D eigenvalue weighted by Gasteiger charge is -2.27. The molecule has 11 nitrogen and oxygen atoms in total. The van der Waals surface area contributed by atoms with E-state index in [2.05, 4.69) is 0 Å². The summed E-state index contributed by atoms with van der Waals surface area (Å²) < 4.78 is 26.3. The second kappa shape index (κ2) is 17.4. The molecule has 0 saturated heterocycles. The number of ether oxygens (including phenoxy) is 5. The van der Waals surface area contributed by atoms with Gasteiger partial charge in [0, 0.05) is 5.92 Å². The van der Waals surface area contributed by atoms with E-state index in [9.17, 15) is 24.3 Å². The Morgan fingerprint density at radius 3 is 1.88 bits per heavy atom. The molecule has 0 radical (unpaired) electrons. The number of hydrogen-bond acceptors (Lipinski definition) is 10. The van der Waals surface area contributed by atoms with Crippen molar-refractivity contribution in [3.05, 3.63) is 23.8 Å². The first kappa shape index (κ1) is 34.7. The van der Waals surface area contributed by atoms with E-state index in [-0.39, 0.29) is 31.1 Å². The van der Waals surface area contributed by atoms with Gasteiger partial charge in [-0.3, -0.25) is 9.59 Å². The minimum atomic E-state index is -1.38. The van der Waals surface area contributed by atoms with Gasteiger partial charge in [-0.2, -0.15) is 0 Å². The van der Waals surface area contributed by atoms with Crippen LogP contribution in [0.2, 0.25) is 0 Å². The van der Waals surface area contributed by atoms with Crippen molar-refractivity contribution >= 4 is 24.2 Å². The SMILES string of the molecule is CCCCCOC(=O)Oc1ccc(C(CC(C)OC(=O)C(C)(C)C)[C@H](N)C(=O)O)cc1OC(=O)OCCCCC. The summed E-state index contributed by atoms with van der Waals surface area (Å²) in [6.45, 7) is 11.1. The predicted octanol–water partition coefficient (Wildman–Crippen LogP) is 5.96.